The Kier molecular flexibility index (Phi) is 4.47. The van der Waals surface area contributed by atoms with Crippen molar-refractivity contribution < 1.29 is 0 Å². The van der Waals surface area contributed by atoms with Crippen molar-refractivity contribution in [3.05, 3.63) is 70.6 Å². The fourth-order valence-electron chi connectivity index (χ4n) is 3.41. The summed E-state index contributed by atoms with van der Waals surface area (Å²) in [7, 11) is 0. The second-order valence-corrected chi connectivity index (χ2v) is 6.24. The van der Waals surface area contributed by atoms with Crippen LogP contribution in [-0.2, 0) is 6.42 Å². The van der Waals surface area contributed by atoms with Crippen LogP contribution >= 0.6 is 0 Å². The van der Waals surface area contributed by atoms with Crippen molar-refractivity contribution in [2.24, 2.45) is 0 Å². The molecule has 0 nitrogen and oxygen atoms in total. The number of unbranched alkanes of at least 4 members (excludes halogenated alkanes) is 1. The summed E-state index contributed by atoms with van der Waals surface area (Å²) in [6, 6.07) is 13.4. The van der Waals surface area contributed by atoms with Crippen LogP contribution in [0.1, 0.15) is 55.4 Å². The highest BCUT2D eigenvalue weighted by atomic mass is 14.2. The highest BCUT2D eigenvalue weighted by Crippen LogP contribution is 2.39. The lowest BCUT2D eigenvalue weighted by molar-refractivity contribution is 0.797. The smallest absolute Gasteiger partial charge is 0.0164 e. The Balaban J connectivity index is 2.10. The fourth-order valence-corrected chi connectivity index (χ4v) is 3.41. The van der Waals surface area contributed by atoms with Crippen LogP contribution in [0, 0.1) is 13.3 Å². The normalized spacial score (nSPS) is 13.1. The molecule has 0 saturated carbocycles. The Hall–Kier alpha value is -1.82. The third-order valence-electron chi connectivity index (χ3n) is 4.64. The number of allylic oxidation sites excluding steroid dienone is 1. The first-order valence-corrected chi connectivity index (χ1v) is 8.51. The van der Waals surface area contributed by atoms with E-state index in [1.165, 1.54) is 58.2 Å². The third kappa shape index (κ3) is 2.75. The molecule has 0 amide bonds. The lowest BCUT2D eigenvalue weighted by atomic mass is 9.89. The highest BCUT2D eigenvalue weighted by molar-refractivity contribution is 5.86. The third-order valence-corrected chi connectivity index (χ3v) is 4.64. The Morgan fingerprint density at radius 3 is 2.55 bits per heavy atom. The van der Waals surface area contributed by atoms with E-state index in [0.29, 0.717) is 0 Å². The van der Waals surface area contributed by atoms with E-state index in [4.69, 9.17) is 0 Å². The lowest BCUT2D eigenvalue weighted by Gasteiger charge is -2.15. The van der Waals surface area contributed by atoms with Crippen molar-refractivity contribution in [1.82, 2.24) is 0 Å². The van der Waals surface area contributed by atoms with Gasteiger partial charge in [-0.3, -0.25) is 0 Å². The van der Waals surface area contributed by atoms with Crippen molar-refractivity contribution in [1.29, 1.82) is 0 Å². The van der Waals surface area contributed by atoms with Gasteiger partial charge < -0.3 is 0 Å². The van der Waals surface area contributed by atoms with Crippen LogP contribution < -0.4 is 0 Å². The first-order chi connectivity index (χ1) is 10.7. The average Bonchev–Trinajstić information content (AvgIpc) is 2.96. The predicted octanol–water partition coefficient (Wildman–Crippen LogP) is 6.36. The topological polar surface area (TPSA) is 0 Å². The van der Waals surface area contributed by atoms with E-state index in [9.17, 15) is 0 Å². The molecule has 0 N–H and O–H groups in total. The molecular formula is C22H25. The molecular weight excluding hydrogens is 264 g/mol. The number of fused-ring (bicyclic) bond motifs is 1. The van der Waals surface area contributed by atoms with Crippen molar-refractivity contribution in [2.75, 3.05) is 0 Å². The van der Waals surface area contributed by atoms with Crippen LogP contribution in [0.2, 0.25) is 0 Å². The average molecular weight is 289 g/mol. The fraction of sp³-hybridized carbons (Fsp3) is 0.318. The second-order valence-electron chi connectivity index (χ2n) is 6.24. The first-order valence-electron chi connectivity index (χ1n) is 8.51. The molecule has 2 aromatic carbocycles. The summed E-state index contributed by atoms with van der Waals surface area (Å²) >= 11 is 0. The van der Waals surface area contributed by atoms with Gasteiger partial charge in [-0.05, 0) is 59.6 Å². The van der Waals surface area contributed by atoms with E-state index >= 15 is 0 Å². The minimum Gasteiger partial charge on any atom is -0.0654 e. The van der Waals surface area contributed by atoms with Crippen molar-refractivity contribution in [3.63, 3.8) is 0 Å². The number of aryl methyl sites for hydroxylation is 2. The molecule has 0 bridgehead atoms. The minimum atomic E-state index is 1.08. The van der Waals surface area contributed by atoms with Gasteiger partial charge in [-0.1, -0.05) is 68.3 Å². The predicted molar refractivity (Wildman–Crippen MR) is 96.9 cm³/mol. The van der Waals surface area contributed by atoms with Gasteiger partial charge in [0.25, 0.3) is 0 Å². The van der Waals surface area contributed by atoms with Crippen LogP contribution in [0.4, 0.5) is 0 Å². The second kappa shape index (κ2) is 6.52. The summed E-state index contributed by atoms with van der Waals surface area (Å²) in [5.74, 6) is 0. The standard InChI is InChI=1S/C22H25/c1-4-6-9-17-14-19-13-12-16(3)22(21(19)15-17)20-11-8-7-10-18(20)5-2/h7-8,10-15H,4-6,9H2,1-3H3. The van der Waals surface area contributed by atoms with Crippen molar-refractivity contribution >= 4 is 6.08 Å². The summed E-state index contributed by atoms with van der Waals surface area (Å²) in [5, 5.41) is 0. The minimum absolute atomic E-state index is 1.08. The molecule has 113 valence electrons. The number of rotatable bonds is 5. The van der Waals surface area contributed by atoms with E-state index in [-0.39, 0.29) is 0 Å². The van der Waals surface area contributed by atoms with Crippen LogP contribution in [0.3, 0.4) is 0 Å². The van der Waals surface area contributed by atoms with Crippen LogP contribution in [-0.4, -0.2) is 0 Å². The zero-order chi connectivity index (χ0) is 15.5. The zero-order valence-electron chi connectivity index (χ0n) is 13.9. The molecule has 2 aromatic rings. The van der Waals surface area contributed by atoms with E-state index < -0.39 is 0 Å². The van der Waals surface area contributed by atoms with Gasteiger partial charge in [0.1, 0.15) is 0 Å². The maximum atomic E-state index is 2.42. The Bertz CT molecular complexity index is 704. The number of benzene rings is 2. The van der Waals surface area contributed by atoms with Crippen molar-refractivity contribution in [3.8, 4) is 11.1 Å². The van der Waals surface area contributed by atoms with E-state index in [0.717, 1.165) is 6.42 Å². The molecule has 3 rings (SSSR count). The summed E-state index contributed by atoms with van der Waals surface area (Å²) in [5.41, 5.74) is 9.94. The van der Waals surface area contributed by atoms with E-state index in [1.54, 1.807) is 0 Å². The van der Waals surface area contributed by atoms with Gasteiger partial charge in [-0.2, -0.15) is 0 Å². The first kappa shape index (κ1) is 15.1. The van der Waals surface area contributed by atoms with Crippen LogP contribution in [0.15, 0.2) is 42.0 Å². The zero-order valence-corrected chi connectivity index (χ0v) is 13.9. The van der Waals surface area contributed by atoms with Gasteiger partial charge in [0.15, 0.2) is 0 Å². The van der Waals surface area contributed by atoms with Gasteiger partial charge in [0, 0.05) is 6.42 Å². The Labute approximate surface area is 134 Å². The summed E-state index contributed by atoms with van der Waals surface area (Å²) in [4.78, 5) is 0. The monoisotopic (exact) mass is 289 g/mol. The quantitative estimate of drug-likeness (QED) is 0.600. The molecule has 1 radical (unpaired) electrons. The van der Waals surface area contributed by atoms with Gasteiger partial charge in [-0.15, -0.1) is 0 Å². The van der Waals surface area contributed by atoms with E-state index in [1.807, 2.05) is 0 Å². The molecule has 0 fully saturated rings. The van der Waals surface area contributed by atoms with Crippen LogP contribution in [0.25, 0.3) is 17.2 Å². The van der Waals surface area contributed by atoms with Crippen molar-refractivity contribution in [2.45, 2.75) is 46.5 Å². The summed E-state index contributed by atoms with van der Waals surface area (Å²) in [6.45, 7) is 6.74. The maximum Gasteiger partial charge on any atom is 0.0164 e. The SMILES string of the molecule is CCCCC1=Cc2c(ccc(C)c2-c2ccccc2CC)[CH]1. The molecule has 0 heterocycles. The van der Waals surface area contributed by atoms with Gasteiger partial charge in [0.05, 0.1) is 0 Å². The van der Waals surface area contributed by atoms with E-state index in [2.05, 4.69) is 69.7 Å². The summed E-state index contributed by atoms with van der Waals surface area (Å²) in [6.07, 6.45) is 9.60. The Morgan fingerprint density at radius 1 is 0.955 bits per heavy atom. The molecule has 22 heavy (non-hydrogen) atoms. The molecule has 0 unspecified atom stereocenters. The van der Waals surface area contributed by atoms with Gasteiger partial charge in [0.2, 0.25) is 0 Å². The number of hydrogen-bond donors (Lipinski definition) is 0. The molecule has 0 aliphatic heterocycles. The molecule has 0 aromatic heterocycles. The largest absolute Gasteiger partial charge is 0.0654 e. The van der Waals surface area contributed by atoms with Gasteiger partial charge >= 0.3 is 0 Å². The molecule has 0 heteroatoms. The molecule has 1 aliphatic rings. The molecule has 0 spiro atoms. The number of hydrogen-bond acceptors (Lipinski definition) is 0. The lowest BCUT2D eigenvalue weighted by Crippen LogP contribution is -1.94. The molecule has 0 atom stereocenters. The Morgan fingerprint density at radius 2 is 1.77 bits per heavy atom. The van der Waals surface area contributed by atoms with Gasteiger partial charge in [-0.25, -0.2) is 0 Å². The summed E-state index contributed by atoms with van der Waals surface area (Å²) < 4.78 is 0. The van der Waals surface area contributed by atoms with Crippen LogP contribution in [0.5, 0.6) is 0 Å². The maximum absolute atomic E-state index is 2.42. The highest BCUT2D eigenvalue weighted by Gasteiger charge is 2.19. The molecule has 1 aliphatic carbocycles. The molecule has 0 saturated heterocycles.